The molecular weight excluding hydrogens is 311 g/mol. The van der Waals surface area contributed by atoms with Gasteiger partial charge in [0.2, 0.25) is 0 Å². The Kier molecular flexibility index (Phi) is 4.46. The number of hydrogen-bond acceptors (Lipinski definition) is 3. The van der Waals surface area contributed by atoms with Crippen molar-refractivity contribution >= 4 is 29.1 Å². The predicted octanol–water partition coefficient (Wildman–Crippen LogP) is 2.99. The van der Waals surface area contributed by atoms with Crippen LogP contribution >= 0.6 is 23.2 Å². The predicted molar refractivity (Wildman–Crippen MR) is 69.6 cm³/mol. The molecule has 1 heterocycles. The van der Waals surface area contributed by atoms with Gasteiger partial charge in [0.05, 0.1) is 5.56 Å². The minimum absolute atomic E-state index is 0.00625. The number of carbonyl (C=O) groups excluding carboxylic acids is 1. The zero-order chi connectivity index (χ0) is 14.7. The van der Waals surface area contributed by atoms with Gasteiger partial charge in [-0.1, -0.05) is 29.3 Å². The largest absolute Gasteiger partial charge is 0.348 e. The van der Waals surface area contributed by atoms with Crippen LogP contribution in [0.3, 0.4) is 0 Å². The molecule has 0 aliphatic carbocycles. The Labute approximate surface area is 122 Å². The number of amides is 1. The summed E-state index contributed by atoms with van der Waals surface area (Å²) in [7, 11) is 0. The van der Waals surface area contributed by atoms with Crippen LogP contribution in [0.15, 0.2) is 24.3 Å². The summed E-state index contributed by atoms with van der Waals surface area (Å²) in [4.78, 5) is 11.9. The molecule has 0 aliphatic heterocycles. The summed E-state index contributed by atoms with van der Waals surface area (Å²) in [5.41, 5.74) is 0.454. The molecule has 20 heavy (non-hydrogen) atoms. The van der Waals surface area contributed by atoms with Gasteiger partial charge in [-0.3, -0.25) is 4.79 Å². The second-order valence-electron chi connectivity index (χ2n) is 3.80. The number of halogens is 4. The third-order valence-electron chi connectivity index (χ3n) is 2.40. The Bertz CT molecular complexity index is 667. The SMILES string of the molecule is O=C(NCc1ccc(F)c(F)c1)c1cc(Cl)nnc1Cl. The first kappa shape index (κ1) is 14.6. The molecule has 8 heteroatoms. The molecule has 0 aliphatic rings. The third-order valence-corrected chi connectivity index (χ3v) is 2.86. The van der Waals surface area contributed by atoms with Crippen LogP contribution in [-0.2, 0) is 6.54 Å². The van der Waals surface area contributed by atoms with Gasteiger partial charge in [-0.2, -0.15) is 0 Å². The van der Waals surface area contributed by atoms with E-state index in [4.69, 9.17) is 23.2 Å². The second-order valence-corrected chi connectivity index (χ2v) is 4.55. The molecule has 1 aromatic carbocycles. The summed E-state index contributed by atoms with van der Waals surface area (Å²) in [5, 5.41) is 9.38. The van der Waals surface area contributed by atoms with E-state index in [1.807, 2.05) is 0 Å². The van der Waals surface area contributed by atoms with Crippen molar-refractivity contribution in [2.24, 2.45) is 0 Å². The molecule has 4 nitrogen and oxygen atoms in total. The van der Waals surface area contributed by atoms with Gasteiger partial charge in [0.15, 0.2) is 21.9 Å². The van der Waals surface area contributed by atoms with E-state index >= 15 is 0 Å². The number of nitrogens with zero attached hydrogens (tertiary/aromatic N) is 2. The molecule has 1 aromatic heterocycles. The van der Waals surface area contributed by atoms with Gasteiger partial charge in [0.25, 0.3) is 5.91 Å². The smallest absolute Gasteiger partial charge is 0.254 e. The molecule has 0 atom stereocenters. The number of nitrogens with one attached hydrogen (secondary N) is 1. The van der Waals surface area contributed by atoms with Crippen molar-refractivity contribution in [3.8, 4) is 0 Å². The number of hydrogen-bond donors (Lipinski definition) is 1. The first-order valence-corrected chi connectivity index (χ1v) is 6.14. The van der Waals surface area contributed by atoms with E-state index in [0.717, 1.165) is 12.1 Å². The van der Waals surface area contributed by atoms with Gasteiger partial charge in [-0.25, -0.2) is 8.78 Å². The molecule has 2 aromatic rings. The fourth-order valence-corrected chi connectivity index (χ4v) is 1.76. The number of aromatic nitrogens is 2. The number of carbonyl (C=O) groups is 1. The second kappa shape index (κ2) is 6.11. The highest BCUT2D eigenvalue weighted by atomic mass is 35.5. The van der Waals surface area contributed by atoms with E-state index < -0.39 is 17.5 Å². The molecule has 0 spiro atoms. The first-order chi connectivity index (χ1) is 9.47. The summed E-state index contributed by atoms with van der Waals surface area (Å²) < 4.78 is 25.7. The van der Waals surface area contributed by atoms with Gasteiger partial charge in [0, 0.05) is 6.54 Å². The van der Waals surface area contributed by atoms with E-state index in [0.29, 0.717) is 5.56 Å². The lowest BCUT2D eigenvalue weighted by atomic mass is 10.2. The summed E-state index contributed by atoms with van der Waals surface area (Å²) >= 11 is 11.3. The van der Waals surface area contributed by atoms with Gasteiger partial charge >= 0.3 is 0 Å². The molecule has 1 N–H and O–H groups in total. The van der Waals surface area contributed by atoms with Crippen molar-refractivity contribution in [2.45, 2.75) is 6.54 Å². The highest BCUT2D eigenvalue weighted by Crippen LogP contribution is 2.15. The molecule has 0 fully saturated rings. The van der Waals surface area contributed by atoms with Crippen LogP contribution in [-0.4, -0.2) is 16.1 Å². The topological polar surface area (TPSA) is 54.9 Å². The number of benzene rings is 1. The van der Waals surface area contributed by atoms with Crippen LogP contribution in [0.25, 0.3) is 0 Å². The van der Waals surface area contributed by atoms with Crippen LogP contribution in [0.5, 0.6) is 0 Å². The summed E-state index contributed by atoms with van der Waals surface area (Å²) in [6.45, 7) is 0.00625. The fourth-order valence-electron chi connectivity index (χ4n) is 1.44. The van der Waals surface area contributed by atoms with Gasteiger partial charge in [-0.15, -0.1) is 10.2 Å². The quantitative estimate of drug-likeness (QED) is 0.946. The van der Waals surface area contributed by atoms with Crippen molar-refractivity contribution in [1.82, 2.24) is 15.5 Å². The average molecular weight is 318 g/mol. The fraction of sp³-hybridized carbons (Fsp3) is 0.0833. The maximum Gasteiger partial charge on any atom is 0.254 e. The molecule has 0 radical (unpaired) electrons. The van der Waals surface area contributed by atoms with Crippen LogP contribution in [0.2, 0.25) is 10.3 Å². The molecule has 0 saturated carbocycles. The van der Waals surface area contributed by atoms with Crippen molar-refractivity contribution in [1.29, 1.82) is 0 Å². The van der Waals surface area contributed by atoms with Gasteiger partial charge in [-0.05, 0) is 23.8 Å². The van der Waals surface area contributed by atoms with Crippen LogP contribution in [0, 0.1) is 11.6 Å². The maximum absolute atomic E-state index is 13.0. The van der Waals surface area contributed by atoms with Gasteiger partial charge < -0.3 is 5.32 Å². The van der Waals surface area contributed by atoms with Crippen LogP contribution in [0.1, 0.15) is 15.9 Å². The van der Waals surface area contributed by atoms with E-state index in [1.54, 1.807) is 0 Å². The summed E-state index contributed by atoms with van der Waals surface area (Å²) in [5.74, 6) is -2.48. The van der Waals surface area contributed by atoms with Crippen molar-refractivity contribution in [3.05, 3.63) is 57.3 Å². The van der Waals surface area contributed by atoms with E-state index in [1.165, 1.54) is 12.1 Å². The minimum atomic E-state index is -0.983. The normalized spacial score (nSPS) is 10.4. The van der Waals surface area contributed by atoms with Crippen LogP contribution < -0.4 is 5.32 Å². The standard InChI is InChI=1S/C12H7Cl2F2N3O/c13-10-4-7(11(14)19-18-10)12(20)17-5-6-1-2-8(15)9(16)3-6/h1-4H,5H2,(H,17,20). The maximum atomic E-state index is 13.0. The Balaban J connectivity index is 2.08. The van der Waals surface area contributed by atoms with Crippen molar-refractivity contribution in [2.75, 3.05) is 0 Å². The highest BCUT2D eigenvalue weighted by molar-refractivity contribution is 6.34. The Morgan fingerprint density at radius 2 is 1.90 bits per heavy atom. The average Bonchev–Trinajstić information content (AvgIpc) is 2.42. The summed E-state index contributed by atoms with van der Waals surface area (Å²) in [6.07, 6.45) is 0. The monoisotopic (exact) mass is 317 g/mol. The van der Waals surface area contributed by atoms with Crippen LogP contribution in [0.4, 0.5) is 8.78 Å². The van der Waals surface area contributed by atoms with Crippen molar-refractivity contribution < 1.29 is 13.6 Å². The Morgan fingerprint density at radius 3 is 2.60 bits per heavy atom. The van der Waals surface area contributed by atoms with Crippen molar-refractivity contribution in [3.63, 3.8) is 0 Å². The Morgan fingerprint density at radius 1 is 1.15 bits per heavy atom. The number of rotatable bonds is 3. The molecular formula is C12H7Cl2F2N3O. The highest BCUT2D eigenvalue weighted by Gasteiger charge is 2.13. The molecule has 0 saturated heterocycles. The molecule has 2 rings (SSSR count). The van der Waals surface area contributed by atoms with E-state index in [-0.39, 0.29) is 22.4 Å². The zero-order valence-corrected chi connectivity index (χ0v) is 11.3. The lowest BCUT2D eigenvalue weighted by Gasteiger charge is -2.06. The molecule has 0 bridgehead atoms. The molecule has 1 amide bonds. The Hall–Kier alpha value is -1.79. The first-order valence-electron chi connectivity index (χ1n) is 5.38. The lowest BCUT2D eigenvalue weighted by molar-refractivity contribution is 0.0950. The van der Waals surface area contributed by atoms with E-state index in [2.05, 4.69) is 15.5 Å². The zero-order valence-electron chi connectivity index (χ0n) is 9.83. The van der Waals surface area contributed by atoms with E-state index in [9.17, 15) is 13.6 Å². The van der Waals surface area contributed by atoms with Gasteiger partial charge in [0.1, 0.15) is 0 Å². The third kappa shape index (κ3) is 3.40. The molecule has 104 valence electrons. The molecule has 0 unspecified atom stereocenters. The lowest BCUT2D eigenvalue weighted by Crippen LogP contribution is -2.23. The summed E-state index contributed by atoms with van der Waals surface area (Å²) in [6, 6.07) is 4.60. The minimum Gasteiger partial charge on any atom is -0.348 e.